The van der Waals surface area contributed by atoms with Crippen molar-refractivity contribution in [2.75, 3.05) is 5.73 Å². The summed E-state index contributed by atoms with van der Waals surface area (Å²) in [4.78, 5) is 12.6. The normalized spacial score (nSPS) is 10.6. The second-order valence-electron chi connectivity index (χ2n) is 3.45. The maximum absolute atomic E-state index is 5.79. The fraction of sp³-hybridized carbons (Fsp3) is 0.300. The predicted octanol–water partition coefficient (Wildman–Crippen LogP) is 1.17. The Balaban J connectivity index is 2.68. The van der Waals surface area contributed by atoms with E-state index in [4.69, 9.17) is 5.73 Å². The van der Waals surface area contributed by atoms with Crippen molar-refractivity contribution in [2.24, 2.45) is 0 Å². The van der Waals surface area contributed by atoms with Gasteiger partial charge in [0.05, 0.1) is 0 Å². The van der Waals surface area contributed by atoms with Gasteiger partial charge < -0.3 is 5.73 Å². The maximum atomic E-state index is 5.79. The second-order valence-corrected chi connectivity index (χ2v) is 3.45. The summed E-state index contributed by atoms with van der Waals surface area (Å²) in [6.07, 6.45) is 3.60. The Morgan fingerprint density at radius 3 is 2.53 bits per heavy atom. The third-order valence-electron chi connectivity index (χ3n) is 2.32. The monoisotopic (exact) mass is 203 g/mol. The molecule has 0 aromatic carbocycles. The van der Waals surface area contributed by atoms with Crippen LogP contribution < -0.4 is 5.73 Å². The lowest BCUT2D eigenvalue weighted by molar-refractivity contribution is 0.888. The van der Waals surface area contributed by atoms with Crippen molar-refractivity contribution in [3.05, 3.63) is 29.6 Å². The molecule has 0 fully saturated rings. The van der Waals surface area contributed by atoms with Crippen molar-refractivity contribution in [2.45, 2.75) is 20.8 Å². The Labute approximate surface area is 88.0 Å². The fourth-order valence-electron chi connectivity index (χ4n) is 1.47. The van der Waals surface area contributed by atoms with Crippen LogP contribution >= 0.6 is 0 Å². The first-order valence-electron chi connectivity index (χ1n) is 4.70. The first kappa shape index (κ1) is 9.64. The highest BCUT2D eigenvalue weighted by molar-refractivity contribution is 5.48. The van der Waals surface area contributed by atoms with E-state index >= 15 is 0 Å². The van der Waals surface area contributed by atoms with Gasteiger partial charge in [-0.15, -0.1) is 0 Å². The standard InChI is InChI=1S/C10H13N5/c1-6-9(11)13-7(2)14-10(6)15-5-4-12-8(15)3/h4-5H,1-3H3,(H2,11,13,14). The van der Waals surface area contributed by atoms with Crippen molar-refractivity contribution < 1.29 is 0 Å². The Bertz CT molecular complexity index is 501. The summed E-state index contributed by atoms with van der Waals surface area (Å²) in [5.74, 6) is 2.87. The van der Waals surface area contributed by atoms with Crippen LogP contribution in [0.25, 0.3) is 5.82 Å². The number of hydrogen-bond acceptors (Lipinski definition) is 4. The van der Waals surface area contributed by atoms with Crippen LogP contribution in [0.4, 0.5) is 5.82 Å². The summed E-state index contributed by atoms with van der Waals surface area (Å²) in [6, 6.07) is 0. The van der Waals surface area contributed by atoms with Crippen LogP contribution in [0.3, 0.4) is 0 Å². The van der Waals surface area contributed by atoms with Gasteiger partial charge in [-0.05, 0) is 20.8 Å². The number of anilines is 1. The molecule has 2 rings (SSSR count). The van der Waals surface area contributed by atoms with Crippen LogP contribution in [0, 0.1) is 20.8 Å². The van der Waals surface area contributed by atoms with Crippen molar-refractivity contribution in [3.8, 4) is 5.82 Å². The van der Waals surface area contributed by atoms with Gasteiger partial charge in [-0.3, -0.25) is 4.57 Å². The largest absolute Gasteiger partial charge is 0.383 e. The predicted molar refractivity (Wildman–Crippen MR) is 57.8 cm³/mol. The third kappa shape index (κ3) is 1.56. The average Bonchev–Trinajstić information content (AvgIpc) is 2.58. The molecule has 0 saturated heterocycles. The van der Waals surface area contributed by atoms with E-state index in [0.29, 0.717) is 11.6 Å². The Morgan fingerprint density at radius 2 is 1.93 bits per heavy atom. The molecule has 0 bridgehead atoms. The number of hydrogen-bond donors (Lipinski definition) is 1. The van der Waals surface area contributed by atoms with Gasteiger partial charge in [0.1, 0.15) is 23.3 Å². The molecule has 0 aliphatic carbocycles. The van der Waals surface area contributed by atoms with Crippen molar-refractivity contribution >= 4 is 5.82 Å². The summed E-state index contributed by atoms with van der Waals surface area (Å²) in [6.45, 7) is 5.65. The summed E-state index contributed by atoms with van der Waals surface area (Å²) < 4.78 is 1.90. The Kier molecular flexibility index (Phi) is 2.15. The van der Waals surface area contributed by atoms with E-state index in [1.165, 1.54) is 0 Å². The van der Waals surface area contributed by atoms with E-state index < -0.39 is 0 Å². The molecule has 0 unspecified atom stereocenters. The van der Waals surface area contributed by atoms with Crippen LogP contribution in [-0.2, 0) is 0 Å². The molecule has 2 aromatic heterocycles. The molecule has 0 aliphatic heterocycles. The zero-order chi connectivity index (χ0) is 11.0. The molecular weight excluding hydrogens is 190 g/mol. The van der Waals surface area contributed by atoms with E-state index in [-0.39, 0.29) is 0 Å². The number of rotatable bonds is 1. The number of nitrogens with zero attached hydrogens (tertiary/aromatic N) is 4. The molecule has 2 aromatic rings. The molecule has 2 N–H and O–H groups in total. The number of aromatic nitrogens is 4. The van der Waals surface area contributed by atoms with E-state index in [0.717, 1.165) is 17.2 Å². The molecule has 0 amide bonds. The lowest BCUT2D eigenvalue weighted by Gasteiger charge is -2.09. The molecule has 5 nitrogen and oxygen atoms in total. The van der Waals surface area contributed by atoms with E-state index in [1.807, 2.05) is 31.5 Å². The number of nitrogen functional groups attached to an aromatic ring is 1. The molecule has 15 heavy (non-hydrogen) atoms. The Hall–Kier alpha value is -1.91. The summed E-state index contributed by atoms with van der Waals surface area (Å²) in [5.41, 5.74) is 6.67. The smallest absolute Gasteiger partial charge is 0.146 e. The molecule has 0 atom stereocenters. The summed E-state index contributed by atoms with van der Waals surface area (Å²) in [5, 5.41) is 0. The molecule has 0 radical (unpaired) electrons. The molecule has 0 saturated carbocycles. The molecule has 0 aliphatic rings. The lowest BCUT2D eigenvalue weighted by Crippen LogP contribution is -2.08. The molecule has 5 heteroatoms. The van der Waals surface area contributed by atoms with Gasteiger partial charge in [-0.2, -0.15) is 0 Å². The van der Waals surface area contributed by atoms with Gasteiger partial charge >= 0.3 is 0 Å². The van der Waals surface area contributed by atoms with Crippen LogP contribution in [0.5, 0.6) is 0 Å². The molecule has 0 spiro atoms. The second kappa shape index (κ2) is 3.34. The van der Waals surface area contributed by atoms with Gasteiger partial charge in [-0.25, -0.2) is 15.0 Å². The third-order valence-corrected chi connectivity index (χ3v) is 2.32. The fourth-order valence-corrected chi connectivity index (χ4v) is 1.47. The first-order chi connectivity index (χ1) is 7.09. The zero-order valence-electron chi connectivity index (χ0n) is 9.02. The minimum Gasteiger partial charge on any atom is -0.383 e. The van der Waals surface area contributed by atoms with E-state index in [1.54, 1.807) is 6.20 Å². The highest BCUT2D eigenvalue weighted by atomic mass is 15.1. The van der Waals surface area contributed by atoms with Crippen LogP contribution in [-0.4, -0.2) is 19.5 Å². The van der Waals surface area contributed by atoms with E-state index in [9.17, 15) is 0 Å². The first-order valence-corrected chi connectivity index (χ1v) is 4.70. The van der Waals surface area contributed by atoms with Crippen LogP contribution in [0.1, 0.15) is 17.2 Å². The van der Waals surface area contributed by atoms with E-state index in [2.05, 4.69) is 15.0 Å². The molecular formula is C10H13N5. The summed E-state index contributed by atoms with van der Waals surface area (Å²) in [7, 11) is 0. The van der Waals surface area contributed by atoms with Gasteiger partial charge in [0.15, 0.2) is 0 Å². The van der Waals surface area contributed by atoms with Gasteiger partial charge in [0.2, 0.25) is 0 Å². The zero-order valence-corrected chi connectivity index (χ0v) is 9.02. The minimum atomic E-state index is 0.519. The van der Waals surface area contributed by atoms with Crippen molar-refractivity contribution in [3.63, 3.8) is 0 Å². The molecule has 2 heterocycles. The number of aryl methyl sites for hydroxylation is 2. The highest BCUT2D eigenvalue weighted by Gasteiger charge is 2.09. The van der Waals surface area contributed by atoms with Crippen molar-refractivity contribution in [1.82, 2.24) is 19.5 Å². The topological polar surface area (TPSA) is 69.6 Å². The van der Waals surface area contributed by atoms with Crippen molar-refractivity contribution in [1.29, 1.82) is 0 Å². The lowest BCUT2D eigenvalue weighted by atomic mass is 10.3. The SMILES string of the molecule is Cc1nc(N)c(C)c(-n2ccnc2C)n1. The van der Waals surface area contributed by atoms with Gasteiger partial charge in [0.25, 0.3) is 0 Å². The molecule has 78 valence electrons. The summed E-state index contributed by atoms with van der Waals surface area (Å²) >= 11 is 0. The van der Waals surface area contributed by atoms with Crippen LogP contribution in [0.15, 0.2) is 12.4 Å². The minimum absolute atomic E-state index is 0.519. The highest BCUT2D eigenvalue weighted by Crippen LogP contribution is 2.17. The maximum Gasteiger partial charge on any atom is 0.146 e. The van der Waals surface area contributed by atoms with Gasteiger partial charge in [0, 0.05) is 18.0 Å². The number of nitrogens with two attached hydrogens (primary N) is 1. The van der Waals surface area contributed by atoms with Gasteiger partial charge in [-0.1, -0.05) is 0 Å². The average molecular weight is 203 g/mol. The van der Waals surface area contributed by atoms with Crippen LogP contribution in [0.2, 0.25) is 0 Å². The quantitative estimate of drug-likeness (QED) is 0.755. The number of imidazole rings is 1. The Morgan fingerprint density at radius 1 is 1.20 bits per heavy atom.